The summed E-state index contributed by atoms with van der Waals surface area (Å²) in [5.74, 6) is 0.228. The molecule has 0 fully saturated rings. The number of hydrogen-bond acceptors (Lipinski definition) is 5. The second kappa shape index (κ2) is 6.50. The Labute approximate surface area is 154 Å². The molecule has 0 N–H and O–H groups in total. The highest BCUT2D eigenvalue weighted by molar-refractivity contribution is 6.31. The minimum absolute atomic E-state index is 0.228. The van der Waals surface area contributed by atoms with E-state index in [0.717, 1.165) is 24.2 Å². The summed E-state index contributed by atoms with van der Waals surface area (Å²) in [4.78, 5) is 19.1. The van der Waals surface area contributed by atoms with Crippen LogP contribution in [0, 0.1) is 0 Å². The van der Waals surface area contributed by atoms with Gasteiger partial charge in [-0.15, -0.1) is 0 Å². The van der Waals surface area contributed by atoms with Gasteiger partial charge in [0.25, 0.3) is 0 Å². The summed E-state index contributed by atoms with van der Waals surface area (Å²) in [7, 11) is 0. The number of fused-ring (bicyclic) bond motifs is 2. The number of anilines is 1. The molecule has 0 spiro atoms. The lowest BCUT2D eigenvalue weighted by molar-refractivity contribution is 0.553. The third kappa shape index (κ3) is 2.84. The molecule has 0 radical (unpaired) electrons. The van der Waals surface area contributed by atoms with Crippen LogP contribution in [0.1, 0.15) is 13.8 Å². The minimum atomic E-state index is -0.480. The Morgan fingerprint density at radius 3 is 2.58 bits per heavy atom. The Bertz CT molecular complexity index is 1160. The van der Waals surface area contributed by atoms with Crippen LogP contribution in [-0.4, -0.2) is 18.1 Å². The predicted octanol–water partition coefficient (Wildman–Crippen LogP) is 5.10. The van der Waals surface area contributed by atoms with Crippen molar-refractivity contribution in [2.45, 2.75) is 13.8 Å². The zero-order chi connectivity index (χ0) is 18.3. The molecule has 6 heteroatoms. The van der Waals surface area contributed by atoms with Crippen molar-refractivity contribution in [3.05, 3.63) is 57.9 Å². The Balaban J connectivity index is 1.84. The largest absolute Gasteiger partial charge is 0.436 e. The van der Waals surface area contributed by atoms with Crippen LogP contribution in [0.5, 0.6) is 0 Å². The SMILES string of the molecule is CCN(CC)c1ccc2cc(-c3nc4ccc(Cl)cc4o3)c(=O)oc2c1. The van der Waals surface area contributed by atoms with Crippen LogP contribution >= 0.6 is 11.6 Å². The molecule has 5 nitrogen and oxygen atoms in total. The van der Waals surface area contributed by atoms with E-state index >= 15 is 0 Å². The zero-order valence-corrected chi connectivity index (χ0v) is 15.2. The van der Waals surface area contributed by atoms with Gasteiger partial charge in [0, 0.05) is 41.3 Å². The first-order valence-electron chi connectivity index (χ1n) is 8.48. The number of benzene rings is 2. The number of oxazole rings is 1. The average Bonchev–Trinajstić information content (AvgIpc) is 3.05. The molecule has 0 amide bonds. The van der Waals surface area contributed by atoms with Gasteiger partial charge in [-0.1, -0.05) is 11.6 Å². The molecule has 0 bridgehead atoms. The molecular weight excluding hydrogens is 352 g/mol. The minimum Gasteiger partial charge on any atom is -0.436 e. The number of aromatic nitrogens is 1. The molecule has 0 atom stereocenters. The second-order valence-electron chi connectivity index (χ2n) is 5.97. The topological polar surface area (TPSA) is 59.5 Å². The van der Waals surface area contributed by atoms with E-state index in [1.165, 1.54) is 0 Å². The van der Waals surface area contributed by atoms with Crippen LogP contribution in [-0.2, 0) is 0 Å². The first kappa shape index (κ1) is 16.7. The first-order valence-corrected chi connectivity index (χ1v) is 8.86. The summed E-state index contributed by atoms with van der Waals surface area (Å²) in [6.45, 7) is 5.95. The zero-order valence-electron chi connectivity index (χ0n) is 14.5. The predicted molar refractivity (Wildman–Crippen MR) is 104 cm³/mol. The van der Waals surface area contributed by atoms with E-state index in [4.69, 9.17) is 20.4 Å². The van der Waals surface area contributed by atoms with Crippen molar-refractivity contribution in [2.75, 3.05) is 18.0 Å². The molecule has 2 heterocycles. The summed E-state index contributed by atoms with van der Waals surface area (Å²) in [6.07, 6.45) is 0. The van der Waals surface area contributed by atoms with Crippen LogP contribution in [0.4, 0.5) is 5.69 Å². The molecule has 132 valence electrons. The molecule has 4 aromatic rings. The fraction of sp³-hybridized carbons (Fsp3) is 0.200. The lowest BCUT2D eigenvalue weighted by Crippen LogP contribution is -2.21. The Hall–Kier alpha value is -2.79. The van der Waals surface area contributed by atoms with Gasteiger partial charge in [0.15, 0.2) is 5.58 Å². The van der Waals surface area contributed by atoms with Crippen molar-refractivity contribution in [3.8, 4) is 11.5 Å². The summed E-state index contributed by atoms with van der Waals surface area (Å²) >= 11 is 5.98. The Morgan fingerprint density at radius 1 is 1.00 bits per heavy atom. The molecule has 4 rings (SSSR count). The van der Waals surface area contributed by atoms with Crippen LogP contribution in [0.2, 0.25) is 5.02 Å². The number of hydrogen-bond donors (Lipinski definition) is 0. The lowest BCUT2D eigenvalue weighted by atomic mass is 10.1. The smallest absolute Gasteiger partial charge is 0.349 e. The van der Waals surface area contributed by atoms with Crippen molar-refractivity contribution in [1.82, 2.24) is 4.98 Å². The molecule has 0 aliphatic heterocycles. The third-order valence-corrected chi connectivity index (χ3v) is 4.66. The van der Waals surface area contributed by atoms with Gasteiger partial charge in [0.1, 0.15) is 16.7 Å². The fourth-order valence-electron chi connectivity index (χ4n) is 3.05. The van der Waals surface area contributed by atoms with E-state index in [1.807, 2.05) is 18.2 Å². The molecule has 26 heavy (non-hydrogen) atoms. The van der Waals surface area contributed by atoms with Gasteiger partial charge in [-0.25, -0.2) is 9.78 Å². The highest BCUT2D eigenvalue weighted by Crippen LogP contribution is 2.28. The molecule has 0 saturated heterocycles. The van der Waals surface area contributed by atoms with Gasteiger partial charge in [-0.3, -0.25) is 0 Å². The maximum absolute atomic E-state index is 12.5. The summed E-state index contributed by atoms with van der Waals surface area (Å²) < 4.78 is 11.2. The molecule has 0 unspecified atom stereocenters. The number of halogens is 1. The van der Waals surface area contributed by atoms with Gasteiger partial charge in [0.2, 0.25) is 5.89 Å². The van der Waals surface area contributed by atoms with Crippen molar-refractivity contribution < 1.29 is 8.83 Å². The number of rotatable bonds is 4. The summed E-state index contributed by atoms with van der Waals surface area (Å²) in [6, 6.07) is 12.8. The maximum Gasteiger partial charge on any atom is 0.349 e. The molecular formula is C20H17ClN2O3. The first-order chi connectivity index (χ1) is 12.6. The summed E-state index contributed by atoms with van der Waals surface area (Å²) in [5.41, 5.74) is 2.55. The Morgan fingerprint density at radius 2 is 1.81 bits per heavy atom. The van der Waals surface area contributed by atoms with Gasteiger partial charge in [0.05, 0.1) is 0 Å². The highest BCUT2D eigenvalue weighted by Gasteiger charge is 2.15. The van der Waals surface area contributed by atoms with Crippen LogP contribution in [0.25, 0.3) is 33.5 Å². The van der Waals surface area contributed by atoms with E-state index in [9.17, 15) is 4.79 Å². The molecule has 0 aliphatic rings. The van der Waals surface area contributed by atoms with E-state index in [2.05, 4.69) is 23.7 Å². The number of nitrogens with zero attached hydrogens (tertiary/aromatic N) is 2. The maximum atomic E-state index is 12.5. The van der Waals surface area contributed by atoms with E-state index in [-0.39, 0.29) is 5.89 Å². The second-order valence-corrected chi connectivity index (χ2v) is 6.41. The van der Waals surface area contributed by atoms with Crippen LogP contribution < -0.4 is 10.5 Å². The molecule has 2 aromatic heterocycles. The van der Waals surface area contributed by atoms with E-state index in [1.54, 1.807) is 24.3 Å². The highest BCUT2D eigenvalue weighted by atomic mass is 35.5. The van der Waals surface area contributed by atoms with Crippen LogP contribution in [0.15, 0.2) is 56.1 Å². The quantitative estimate of drug-likeness (QED) is 0.469. The van der Waals surface area contributed by atoms with Crippen molar-refractivity contribution in [1.29, 1.82) is 0 Å². The van der Waals surface area contributed by atoms with Crippen molar-refractivity contribution >= 4 is 39.4 Å². The van der Waals surface area contributed by atoms with E-state index in [0.29, 0.717) is 27.3 Å². The van der Waals surface area contributed by atoms with E-state index < -0.39 is 5.63 Å². The summed E-state index contributed by atoms with van der Waals surface area (Å²) in [5, 5.41) is 1.37. The van der Waals surface area contributed by atoms with Crippen LogP contribution in [0.3, 0.4) is 0 Å². The van der Waals surface area contributed by atoms with Gasteiger partial charge in [-0.2, -0.15) is 0 Å². The monoisotopic (exact) mass is 368 g/mol. The van der Waals surface area contributed by atoms with Crippen molar-refractivity contribution in [2.24, 2.45) is 0 Å². The fourth-order valence-corrected chi connectivity index (χ4v) is 3.21. The van der Waals surface area contributed by atoms with Gasteiger partial charge < -0.3 is 13.7 Å². The molecule has 0 aliphatic carbocycles. The molecule has 2 aromatic carbocycles. The standard InChI is InChI=1S/C20H17ClN2O3/c1-3-23(4-2)14-7-5-12-9-15(20(24)26-17(12)11-14)19-22-16-8-6-13(21)10-18(16)25-19/h5-11H,3-4H2,1-2H3. The van der Waals surface area contributed by atoms with Gasteiger partial charge >= 0.3 is 5.63 Å². The Kier molecular flexibility index (Phi) is 4.17. The van der Waals surface area contributed by atoms with Crippen molar-refractivity contribution in [3.63, 3.8) is 0 Å². The lowest BCUT2D eigenvalue weighted by Gasteiger charge is -2.20. The normalized spacial score (nSPS) is 11.3. The third-order valence-electron chi connectivity index (χ3n) is 4.43. The van der Waals surface area contributed by atoms with Gasteiger partial charge in [-0.05, 0) is 44.2 Å². The average molecular weight is 369 g/mol. The molecule has 0 saturated carbocycles.